The number of benzene rings is 1. The molecule has 6 nitrogen and oxygen atoms in total. The van der Waals surface area contributed by atoms with Gasteiger partial charge in [0.15, 0.2) is 0 Å². The lowest BCUT2D eigenvalue weighted by molar-refractivity contribution is -0.384. The molecule has 0 saturated carbocycles. The molecule has 1 N–H and O–H groups in total. The third kappa shape index (κ3) is 3.32. The summed E-state index contributed by atoms with van der Waals surface area (Å²) in [6.07, 6.45) is 1.11. The SMILES string of the molecule is CC(C)(C#N)c1ccc(Nc2cc(Cl)ncc2[N+](=O)[O-])cc1. The van der Waals surface area contributed by atoms with Crippen molar-refractivity contribution in [3.05, 3.63) is 57.4 Å². The monoisotopic (exact) mass is 316 g/mol. The molecule has 0 saturated heterocycles. The van der Waals surface area contributed by atoms with Gasteiger partial charge in [-0.25, -0.2) is 4.98 Å². The van der Waals surface area contributed by atoms with Gasteiger partial charge in [0.1, 0.15) is 17.0 Å². The summed E-state index contributed by atoms with van der Waals surface area (Å²) in [5.41, 5.74) is 1.03. The first-order chi connectivity index (χ1) is 10.3. The number of anilines is 2. The van der Waals surface area contributed by atoms with Gasteiger partial charge >= 0.3 is 5.69 Å². The molecule has 0 aliphatic rings. The molecular weight excluding hydrogens is 304 g/mol. The van der Waals surface area contributed by atoms with Crippen molar-refractivity contribution in [1.29, 1.82) is 5.26 Å². The summed E-state index contributed by atoms with van der Waals surface area (Å²) in [4.78, 5) is 14.2. The van der Waals surface area contributed by atoms with E-state index in [0.29, 0.717) is 5.69 Å². The topological polar surface area (TPSA) is 91.8 Å². The van der Waals surface area contributed by atoms with E-state index < -0.39 is 10.3 Å². The fourth-order valence-electron chi connectivity index (χ4n) is 1.86. The zero-order valence-corrected chi connectivity index (χ0v) is 12.8. The minimum absolute atomic E-state index is 0.161. The first-order valence-electron chi connectivity index (χ1n) is 6.42. The molecule has 1 aromatic heterocycles. The second-order valence-corrected chi connectivity index (χ2v) is 5.61. The zero-order chi connectivity index (χ0) is 16.3. The summed E-state index contributed by atoms with van der Waals surface area (Å²) in [7, 11) is 0. The fourth-order valence-corrected chi connectivity index (χ4v) is 2.02. The Kier molecular flexibility index (Phi) is 4.29. The number of nitriles is 1. The van der Waals surface area contributed by atoms with E-state index in [1.807, 2.05) is 13.8 Å². The average molecular weight is 317 g/mol. The van der Waals surface area contributed by atoms with Crippen LogP contribution in [0.1, 0.15) is 19.4 Å². The number of rotatable bonds is 4. The number of nitro groups is 1. The van der Waals surface area contributed by atoms with Gasteiger partial charge in [-0.3, -0.25) is 10.1 Å². The Bertz CT molecular complexity index is 751. The summed E-state index contributed by atoms with van der Waals surface area (Å²) < 4.78 is 0. The predicted molar refractivity (Wildman–Crippen MR) is 84.3 cm³/mol. The molecule has 0 amide bonds. The Morgan fingerprint density at radius 2 is 2.00 bits per heavy atom. The maximum Gasteiger partial charge on any atom is 0.310 e. The van der Waals surface area contributed by atoms with Crippen molar-refractivity contribution in [3.8, 4) is 6.07 Å². The van der Waals surface area contributed by atoms with Gasteiger partial charge in [0.2, 0.25) is 0 Å². The molecule has 0 radical (unpaired) electrons. The lowest BCUT2D eigenvalue weighted by Gasteiger charge is -2.16. The Morgan fingerprint density at radius 3 is 2.55 bits per heavy atom. The third-order valence-corrected chi connectivity index (χ3v) is 3.42. The molecule has 7 heteroatoms. The lowest BCUT2D eigenvalue weighted by atomic mass is 9.86. The standard InChI is InChI=1S/C15H13ClN4O2/c1-15(2,9-17)10-3-5-11(6-4-10)19-12-7-14(16)18-8-13(12)20(21)22/h3-8H,1-2H3,(H,18,19). The van der Waals surface area contributed by atoms with Crippen LogP contribution in [-0.2, 0) is 5.41 Å². The molecular formula is C15H13ClN4O2. The molecule has 0 unspecified atom stereocenters. The van der Waals surface area contributed by atoms with E-state index in [1.165, 1.54) is 6.07 Å². The van der Waals surface area contributed by atoms with Gasteiger partial charge in [-0.1, -0.05) is 23.7 Å². The van der Waals surface area contributed by atoms with Crippen LogP contribution >= 0.6 is 11.6 Å². The van der Waals surface area contributed by atoms with Crippen molar-refractivity contribution in [2.24, 2.45) is 0 Å². The number of hydrogen-bond acceptors (Lipinski definition) is 5. The number of halogens is 1. The van der Waals surface area contributed by atoms with Crippen molar-refractivity contribution in [1.82, 2.24) is 4.98 Å². The van der Waals surface area contributed by atoms with E-state index >= 15 is 0 Å². The Labute approximate surface area is 132 Å². The van der Waals surface area contributed by atoms with E-state index in [2.05, 4.69) is 16.4 Å². The van der Waals surface area contributed by atoms with E-state index in [-0.39, 0.29) is 16.5 Å². The van der Waals surface area contributed by atoms with Gasteiger partial charge in [0.05, 0.1) is 16.4 Å². The fraction of sp³-hybridized carbons (Fsp3) is 0.200. The van der Waals surface area contributed by atoms with Gasteiger partial charge in [0, 0.05) is 11.8 Å². The quantitative estimate of drug-likeness (QED) is 0.518. The highest BCUT2D eigenvalue weighted by atomic mass is 35.5. The Morgan fingerprint density at radius 1 is 1.36 bits per heavy atom. The summed E-state index contributed by atoms with van der Waals surface area (Å²) in [6.45, 7) is 3.64. The molecule has 0 atom stereocenters. The third-order valence-electron chi connectivity index (χ3n) is 3.21. The Balaban J connectivity index is 2.31. The van der Waals surface area contributed by atoms with Crippen LogP contribution in [0.5, 0.6) is 0 Å². The highest BCUT2D eigenvalue weighted by Crippen LogP contribution is 2.30. The van der Waals surface area contributed by atoms with Crippen molar-refractivity contribution >= 4 is 28.7 Å². The minimum Gasteiger partial charge on any atom is -0.350 e. The highest BCUT2D eigenvalue weighted by Gasteiger charge is 2.20. The second kappa shape index (κ2) is 6.00. The zero-order valence-electron chi connectivity index (χ0n) is 12.0. The molecule has 0 bridgehead atoms. The first-order valence-corrected chi connectivity index (χ1v) is 6.80. The van der Waals surface area contributed by atoms with E-state index in [4.69, 9.17) is 16.9 Å². The van der Waals surface area contributed by atoms with Gasteiger partial charge in [-0.15, -0.1) is 0 Å². The first kappa shape index (κ1) is 15.7. The Hall–Kier alpha value is -2.65. The molecule has 1 heterocycles. The molecule has 22 heavy (non-hydrogen) atoms. The van der Waals surface area contributed by atoms with E-state index in [1.54, 1.807) is 24.3 Å². The van der Waals surface area contributed by atoms with Gasteiger partial charge in [0.25, 0.3) is 0 Å². The van der Waals surface area contributed by atoms with Crippen LogP contribution in [0, 0.1) is 21.4 Å². The van der Waals surface area contributed by atoms with Crippen LogP contribution in [0.25, 0.3) is 0 Å². The summed E-state index contributed by atoms with van der Waals surface area (Å²) in [6, 6.07) is 10.7. The molecule has 1 aromatic carbocycles. The van der Waals surface area contributed by atoms with Crippen molar-refractivity contribution in [2.45, 2.75) is 19.3 Å². The maximum atomic E-state index is 11.0. The molecule has 2 rings (SSSR count). The van der Waals surface area contributed by atoms with E-state index in [0.717, 1.165) is 11.8 Å². The molecule has 0 aliphatic carbocycles. The molecule has 0 aliphatic heterocycles. The van der Waals surface area contributed by atoms with Crippen molar-refractivity contribution in [3.63, 3.8) is 0 Å². The summed E-state index contributed by atoms with van der Waals surface area (Å²) >= 11 is 5.78. The van der Waals surface area contributed by atoms with Crippen molar-refractivity contribution < 1.29 is 4.92 Å². The summed E-state index contributed by atoms with van der Waals surface area (Å²) in [5.74, 6) is 0. The molecule has 112 valence electrons. The van der Waals surface area contributed by atoms with Crippen LogP contribution < -0.4 is 5.32 Å². The number of nitrogens with zero attached hydrogens (tertiary/aromatic N) is 3. The largest absolute Gasteiger partial charge is 0.350 e. The smallest absolute Gasteiger partial charge is 0.310 e. The van der Waals surface area contributed by atoms with Crippen molar-refractivity contribution in [2.75, 3.05) is 5.32 Å². The highest BCUT2D eigenvalue weighted by molar-refractivity contribution is 6.29. The lowest BCUT2D eigenvalue weighted by Crippen LogP contribution is -2.13. The van der Waals surface area contributed by atoms with Gasteiger partial charge < -0.3 is 5.32 Å². The number of hydrogen-bond donors (Lipinski definition) is 1. The molecule has 2 aromatic rings. The molecule has 0 spiro atoms. The van der Waals surface area contributed by atoms with Gasteiger partial charge in [-0.2, -0.15) is 5.26 Å². The van der Waals surface area contributed by atoms with Crippen LogP contribution in [-0.4, -0.2) is 9.91 Å². The maximum absolute atomic E-state index is 11.0. The second-order valence-electron chi connectivity index (χ2n) is 5.22. The van der Waals surface area contributed by atoms with Crippen LogP contribution in [0.3, 0.4) is 0 Å². The number of aromatic nitrogens is 1. The number of nitrogens with one attached hydrogen (secondary N) is 1. The minimum atomic E-state index is -0.593. The van der Waals surface area contributed by atoms with Crippen LogP contribution in [0.4, 0.5) is 17.1 Å². The number of pyridine rings is 1. The van der Waals surface area contributed by atoms with Crippen LogP contribution in [0.15, 0.2) is 36.5 Å². The van der Waals surface area contributed by atoms with Crippen LogP contribution in [0.2, 0.25) is 5.15 Å². The summed E-state index contributed by atoms with van der Waals surface area (Å²) in [5, 5.41) is 23.2. The van der Waals surface area contributed by atoms with E-state index in [9.17, 15) is 10.1 Å². The van der Waals surface area contributed by atoms with Gasteiger partial charge in [-0.05, 0) is 31.5 Å². The predicted octanol–water partition coefficient (Wildman–Crippen LogP) is 4.19. The average Bonchev–Trinajstić information content (AvgIpc) is 2.47. The molecule has 0 fully saturated rings. The normalized spacial score (nSPS) is 10.8.